The number of benzene rings is 1. The summed E-state index contributed by atoms with van der Waals surface area (Å²) in [5, 5.41) is 9.18. The second-order valence-corrected chi connectivity index (χ2v) is 6.77. The van der Waals surface area contributed by atoms with Gasteiger partial charge in [0.1, 0.15) is 11.9 Å². The molecule has 2 aromatic rings. The van der Waals surface area contributed by atoms with Crippen molar-refractivity contribution >= 4 is 11.6 Å². The number of rotatable bonds is 2. The molecule has 0 radical (unpaired) electrons. The van der Waals surface area contributed by atoms with E-state index >= 15 is 0 Å². The first kappa shape index (κ1) is 16.5. The fraction of sp³-hybridized carbons (Fsp3) is 0.350. The van der Waals surface area contributed by atoms with Crippen LogP contribution in [0.1, 0.15) is 34.3 Å². The van der Waals surface area contributed by atoms with E-state index in [1.165, 1.54) is 18.5 Å². The van der Waals surface area contributed by atoms with Gasteiger partial charge in [-0.25, -0.2) is 4.39 Å². The van der Waals surface area contributed by atoms with Crippen LogP contribution in [0.15, 0.2) is 36.7 Å². The first-order valence-electron chi connectivity index (χ1n) is 8.86. The molecule has 0 saturated carbocycles. The van der Waals surface area contributed by atoms with Gasteiger partial charge in [0.05, 0.1) is 11.1 Å². The van der Waals surface area contributed by atoms with Crippen LogP contribution in [0.5, 0.6) is 0 Å². The SMILES string of the molecule is N#Cc1ccncc1C(=O)N1CCC(N2CCc3cc(F)ccc32)CC1. The maximum atomic E-state index is 13.4. The van der Waals surface area contributed by atoms with Crippen molar-refractivity contribution in [2.24, 2.45) is 0 Å². The average Bonchev–Trinajstić information content (AvgIpc) is 3.10. The largest absolute Gasteiger partial charge is 0.368 e. The van der Waals surface area contributed by atoms with Crippen molar-refractivity contribution in [3.05, 3.63) is 59.2 Å². The smallest absolute Gasteiger partial charge is 0.256 e. The molecule has 0 bridgehead atoms. The van der Waals surface area contributed by atoms with Crippen LogP contribution in [0.25, 0.3) is 0 Å². The number of hydrogen-bond donors (Lipinski definition) is 0. The van der Waals surface area contributed by atoms with E-state index in [4.69, 9.17) is 0 Å². The molecule has 1 aromatic carbocycles. The summed E-state index contributed by atoms with van der Waals surface area (Å²) in [7, 11) is 0. The summed E-state index contributed by atoms with van der Waals surface area (Å²) < 4.78 is 13.4. The zero-order chi connectivity index (χ0) is 18.1. The summed E-state index contributed by atoms with van der Waals surface area (Å²) in [6.45, 7) is 2.20. The predicted molar refractivity (Wildman–Crippen MR) is 95.3 cm³/mol. The van der Waals surface area contributed by atoms with Crippen LogP contribution in [-0.2, 0) is 6.42 Å². The number of pyridine rings is 1. The number of aromatic nitrogens is 1. The van der Waals surface area contributed by atoms with Gasteiger partial charge < -0.3 is 9.80 Å². The maximum Gasteiger partial charge on any atom is 0.256 e. The van der Waals surface area contributed by atoms with Crippen LogP contribution in [-0.4, -0.2) is 41.5 Å². The first-order valence-corrected chi connectivity index (χ1v) is 8.86. The molecular weight excluding hydrogens is 331 g/mol. The Hall–Kier alpha value is -2.94. The molecular formula is C20H19FN4O. The van der Waals surface area contributed by atoms with Crippen LogP contribution in [0.4, 0.5) is 10.1 Å². The van der Waals surface area contributed by atoms with E-state index in [1.54, 1.807) is 17.0 Å². The number of nitriles is 1. The third kappa shape index (κ3) is 2.90. The molecule has 5 nitrogen and oxygen atoms in total. The van der Waals surface area contributed by atoms with Gasteiger partial charge in [-0.2, -0.15) is 5.26 Å². The normalized spacial score (nSPS) is 17.1. The Labute approximate surface area is 151 Å². The Bertz CT molecular complexity index is 884. The zero-order valence-corrected chi connectivity index (χ0v) is 14.4. The van der Waals surface area contributed by atoms with Gasteiger partial charge in [-0.1, -0.05) is 0 Å². The van der Waals surface area contributed by atoms with Gasteiger partial charge >= 0.3 is 0 Å². The summed E-state index contributed by atoms with van der Waals surface area (Å²) in [5.41, 5.74) is 2.92. The monoisotopic (exact) mass is 350 g/mol. The molecule has 0 unspecified atom stereocenters. The fourth-order valence-corrected chi connectivity index (χ4v) is 3.99. The molecule has 1 fully saturated rings. The summed E-state index contributed by atoms with van der Waals surface area (Å²) in [6.07, 6.45) is 5.59. The van der Waals surface area contributed by atoms with E-state index in [1.807, 2.05) is 6.07 Å². The zero-order valence-electron chi connectivity index (χ0n) is 14.4. The van der Waals surface area contributed by atoms with E-state index < -0.39 is 0 Å². The predicted octanol–water partition coefficient (Wildman–Crippen LogP) is 2.76. The second-order valence-electron chi connectivity index (χ2n) is 6.77. The van der Waals surface area contributed by atoms with Gasteiger partial charge in [0.25, 0.3) is 5.91 Å². The molecule has 6 heteroatoms. The number of piperidine rings is 1. The molecule has 2 aliphatic rings. The maximum absolute atomic E-state index is 13.4. The molecule has 2 aliphatic heterocycles. The summed E-state index contributed by atoms with van der Waals surface area (Å²) in [5.74, 6) is -0.312. The van der Waals surface area contributed by atoms with Crippen molar-refractivity contribution in [3.63, 3.8) is 0 Å². The Morgan fingerprint density at radius 1 is 1.23 bits per heavy atom. The number of amides is 1. The number of carbonyl (C=O) groups is 1. The Balaban J connectivity index is 1.44. The van der Waals surface area contributed by atoms with E-state index in [9.17, 15) is 14.4 Å². The molecule has 132 valence electrons. The average molecular weight is 350 g/mol. The van der Waals surface area contributed by atoms with Crippen molar-refractivity contribution in [1.29, 1.82) is 5.26 Å². The minimum absolute atomic E-state index is 0.128. The highest BCUT2D eigenvalue weighted by Gasteiger charge is 2.31. The topological polar surface area (TPSA) is 60.2 Å². The fourth-order valence-electron chi connectivity index (χ4n) is 3.99. The molecule has 0 N–H and O–H groups in total. The molecule has 0 spiro atoms. The van der Waals surface area contributed by atoms with Crippen molar-refractivity contribution < 1.29 is 9.18 Å². The molecule has 0 aliphatic carbocycles. The Kier molecular flexibility index (Phi) is 4.29. The number of fused-ring (bicyclic) bond motifs is 1. The van der Waals surface area contributed by atoms with Gasteiger partial charge in [-0.05, 0) is 49.1 Å². The van der Waals surface area contributed by atoms with Crippen molar-refractivity contribution in [2.45, 2.75) is 25.3 Å². The lowest BCUT2D eigenvalue weighted by molar-refractivity contribution is 0.0712. The lowest BCUT2D eigenvalue weighted by Crippen LogP contribution is -2.46. The van der Waals surface area contributed by atoms with Crippen LogP contribution in [0, 0.1) is 17.1 Å². The van der Waals surface area contributed by atoms with Gasteiger partial charge in [-0.15, -0.1) is 0 Å². The highest BCUT2D eigenvalue weighted by molar-refractivity contribution is 5.96. The van der Waals surface area contributed by atoms with Gasteiger partial charge in [-0.3, -0.25) is 9.78 Å². The van der Waals surface area contributed by atoms with E-state index in [-0.39, 0.29) is 11.7 Å². The van der Waals surface area contributed by atoms with Crippen LogP contribution < -0.4 is 4.90 Å². The third-order valence-electron chi connectivity index (χ3n) is 5.34. The quantitative estimate of drug-likeness (QED) is 0.836. The number of hydrogen-bond acceptors (Lipinski definition) is 4. The number of likely N-dealkylation sites (tertiary alicyclic amines) is 1. The van der Waals surface area contributed by atoms with Gasteiger partial charge in [0.2, 0.25) is 0 Å². The van der Waals surface area contributed by atoms with Crippen molar-refractivity contribution in [1.82, 2.24) is 9.88 Å². The van der Waals surface area contributed by atoms with Crippen molar-refractivity contribution in [2.75, 3.05) is 24.5 Å². The molecule has 1 amide bonds. The number of carbonyl (C=O) groups excluding carboxylic acids is 1. The first-order chi connectivity index (χ1) is 12.7. The lowest BCUT2D eigenvalue weighted by atomic mass is 10.0. The standard InChI is InChI=1S/C20H19FN4O/c21-16-1-2-19-14(11-16)4-10-25(19)17-5-8-24(9-6-17)20(26)18-13-23-7-3-15(18)12-22/h1-3,7,11,13,17H,4-6,8-10H2. The molecule has 26 heavy (non-hydrogen) atoms. The minimum Gasteiger partial charge on any atom is -0.368 e. The Morgan fingerprint density at radius 3 is 2.81 bits per heavy atom. The number of nitrogens with zero attached hydrogens (tertiary/aromatic N) is 4. The molecule has 1 saturated heterocycles. The second kappa shape index (κ2) is 6.75. The highest BCUT2D eigenvalue weighted by Crippen LogP contribution is 2.33. The molecule has 4 rings (SSSR count). The van der Waals surface area contributed by atoms with Crippen LogP contribution >= 0.6 is 0 Å². The third-order valence-corrected chi connectivity index (χ3v) is 5.34. The van der Waals surface area contributed by atoms with Crippen molar-refractivity contribution in [3.8, 4) is 6.07 Å². The van der Waals surface area contributed by atoms with Crippen LogP contribution in [0.2, 0.25) is 0 Å². The summed E-state index contributed by atoms with van der Waals surface area (Å²) >= 11 is 0. The molecule has 1 aromatic heterocycles. The lowest BCUT2D eigenvalue weighted by Gasteiger charge is -2.38. The Morgan fingerprint density at radius 2 is 2.04 bits per heavy atom. The number of halogens is 1. The van der Waals surface area contributed by atoms with E-state index in [2.05, 4.69) is 16.0 Å². The molecule has 3 heterocycles. The van der Waals surface area contributed by atoms with Gasteiger partial charge in [0, 0.05) is 43.8 Å². The van der Waals surface area contributed by atoms with Crippen LogP contribution in [0.3, 0.4) is 0 Å². The van der Waals surface area contributed by atoms with E-state index in [0.717, 1.165) is 37.1 Å². The minimum atomic E-state index is -0.184. The summed E-state index contributed by atoms with van der Waals surface area (Å²) in [4.78, 5) is 20.9. The summed E-state index contributed by atoms with van der Waals surface area (Å²) in [6, 6.07) is 8.99. The number of anilines is 1. The highest BCUT2D eigenvalue weighted by atomic mass is 19.1. The van der Waals surface area contributed by atoms with E-state index in [0.29, 0.717) is 30.3 Å². The molecule has 0 atom stereocenters. The van der Waals surface area contributed by atoms with Gasteiger partial charge in [0.15, 0.2) is 0 Å².